The van der Waals surface area contributed by atoms with Gasteiger partial charge < -0.3 is 0 Å². The molecule has 0 aliphatic carbocycles. The summed E-state index contributed by atoms with van der Waals surface area (Å²) in [6, 6.07) is -0.393. The van der Waals surface area contributed by atoms with Crippen LogP contribution in [0.5, 0.6) is 0 Å². The van der Waals surface area contributed by atoms with Crippen molar-refractivity contribution in [3.63, 3.8) is 0 Å². The molecule has 1 aliphatic heterocycles. The molecule has 0 radical (unpaired) electrons. The molecular weight excluding hydrogens is 268 g/mol. The van der Waals surface area contributed by atoms with Crippen molar-refractivity contribution in [2.75, 3.05) is 18.8 Å². The van der Waals surface area contributed by atoms with Crippen molar-refractivity contribution in [3.8, 4) is 0 Å². The van der Waals surface area contributed by atoms with Gasteiger partial charge in [0.1, 0.15) is 0 Å². The molecule has 0 aromatic rings. The molecule has 1 aliphatic rings. The van der Waals surface area contributed by atoms with E-state index in [0.717, 1.165) is 4.90 Å². The lowest BCUT2D eigenvalue weighted by atomic mass is 10.1. The van der Waals surface area contributed by atoms with Crippen LogP contribution >= 0.6 is 0 Å². The Morgan fingerprint density at radius 3 is 2.37 bits per heavy atom. The minimum Gasteiger partial charge on any atom is -0.297 e. The van der Waals surface area contributed by atoms with E-state index >= 15 is 0 Å². The Hall–Kier alpha value is -0.950. The summed E-state index contributed by atoms with van der Waals surface area (Å²) >= 11 is 0. The summed E-state index contributed by atoms with van der Waals surface area (Å²) in [7, 11) is -3.33. The molecule has 1 N–H and O–H groups in total. The molecule has 1 saturated heterocycles. The maximum absolute atomic E-state index is 12.0. The lowest BCUT2D eigenvalue weighted by molar-refractivity contribution is -0.148. The molecule has 7 heteroatoms. The molecule has 1 atom stereocenters. The summed E-state index contributed by atoms with van der Waals surface area (Å²) in [6.07, 6.45) is 0.578. The van der Waals surface area contributed by atoms with E-state index < -0.39 is 20.6 Å². The van der Waals surface area contributed by atoms with Crippen molar-refractivity contribution >= 4 is 21.7 Å². The number of carbonyl (C=O) groups excluding carboxylic acids is 2. The molecule has 1 rings (SSSR count). The van der Waals surface area contributed by atoms with Crippen LogP contribution in [0.2, 0.25) is 0 Å². The minimum absolute atomic E-state index is 0.0601. The Morgan fingerprint density at radius 2 is 1.89 bits per heavy atom. The monoisotopic (exact) mass is 290 g/mol. The second kappa shape index (κ2) is 5.58. The second-order valence-electron chi connectivity index (χ2n) is 5.66. The van der Waals surface area contributed by atoms with Crippen molar-refractivity contribution < 1.29 is 18.0 Å². The normalized spacial score (nSPS) is 21.9. The van der Waals surface area contributed by atoms with Gasteiger partial charge in [0.2, 0.25) is 11.8 Å². The molecule has 6 nitrogen and oxygen atoms in total. The van der Waals surface area contributed by atoms with Crippen LogP contribution in [0.1, 0.15) is 34.1 Å². The molecular formula is C12H22N2O4S. The summed E-state index contributed by atoms with van der Waals surface area (Å²) in [6.45, 7) is 6.69. The summed E-state index contributed by atoms with van der Waals surface area (Å²) in [5.41, 5.74) is 0. The molecule has 0 aromatic carbocycles. The van der Waals surface area contributed by atoms with E-state index in [9.17, 15) is 18.0 Å². The molecule has 19 heavy (non-hydrogen) atoms. The van der Waals surface area contributed by atoms with Crippen LogP contribution in [0.4, 0.5) is 0 Å². The van der Waals surface area contributed by atoms with Gasteiger partial charge in [0.15, 0.2) is 9.84 Å². The van der Waals surface area contributed by atoms with Crippen LogP contribution in [0, 0.1) is 0 Å². The van der Waals surface area contributed by atoms with E-state index in [0.29, 0.717) is 6.42 Å². The van der Waals surface area contributed by atoms with Crippen LogP contribution < -0.4 is 5.32 Å². The SMILES string of the molecule is CCC1NCC(=O)N(CCS(=O)(=O)C(C)(C)C)C1=O. The van der Waals surface area contributed by atoms with Gasteiger partial charge in [-0.15, -0.1) is 0 Å². The van der Waals surface area contributed by atoms with Crippen LogP contribution in [-0.2, 0) is 19.4 Å². The Kier molecular flexibility index (Phi) is 4.73. The number of hydrogen-bond acceptors (Lipinski definition) is 5. The van der Waals surface area contributed by atoms with E-state index in [2.05, 4.69) is 5.32 Å². The fourth-order valence-electron chi connectivity index (χ4n) is 1.78. The van der Waals surface area contributed by atoms with Gasteiger partial charge in [0, 0.05) is 6.54 Å². The van der Waals surface area contributed by atoms with E-state index in [4.69, 9.17) is 0 Å². The fourth-order valence-corrected chi connectivity index (χ4v) is 2.81. The van der Waals surface area contributed by atoms with Gasteiger partial charge in [-0.05, 0) is 27.2 Å². The smallest absolute Gasteiger partial charge is 0.246 e. The Labute approximate surface area is 114 Å². The first-order chi connectivity index (χ1) is 8.60. The number of hydrogen-bond donors (Lipinski definition) is 1. The zero-order valence-corrected chi connectivity index (χ0v) is 12.7. The highest BCUT2D eigenvalue weighted by atomic mass is 32.2. The van der Waals surface area contributed by atoms with Gasteiger partial charge in [0.05, 0.1) is 23.1 Å². The molecule has 0 bridgehead atoms. The summed E-state index contributed by atoms with van der Waals surface area (Å²) in [4.78, 5) is 24.7. The first-order valence-corrected chi connectivity index (χ1v) is 8.05. The Bertz CT molecular complexity index is 465. The minimum atomic E-state index is -3.33. The molecule has 1 fully saturated rings. The largest absolute Gasteiger partial charge is 0.297 e. The van der Waals surface area contributed by atoms with Crippen LogP contribution in [0.25, 0.3) is 0 Å². The lowest BCUT2D eigenvalue weighted by Gasteiger charge is -2.31. The van der Waals surface area contributed by atoms with E-state index in [1.807, 2.05) is 6.92 Å². The third kappa shape index (κ3) is 3.54. The number of nitrogens with one attached hydrogen (secondary N) is 1. The van der Waals surface area contributed by atoms with Gasteiger partial charge in [-0.1, -0.05) is 6.92 Å². The van der Waals surface area contributed by atoms with Crippen molar-refractivity contribution in [2.24, 2.45) is 0 Å². The topological polar surface area (TPSA) is 83.6 Å². The third-order valence-corrected chi connectivity index (χ3v) is 5.88. The molecule has 110 valence electrons. The summed E-state index contributed by atoms with van der Waals surface area (Å²) < 4.78 is 23.1. The Morgan fingerprint density at radius 1 is 1.32 bits per heavy atom. The first-order valence-electron chi connectivity index (χ1n) is 6.40. The number of imide groups is 1. The predicted octanol–water partition coefficient (Wildman–Crippen LogP) is -0.0633. The summed E-state index contributed by atoms with van der Waals surface area (Å²) in [5.74, 6) is -0.883. The van der Waals surface area contributed by atoms with Crippen LogP contribution in [0.3, 0.4) is 0 Å². The molecule has 2 amide bonds. The Balaban J connectivity index is 2.76. The third-order valence-electron chi connectivity index (χ3n) is 3.29. The average molecular weight is 290 g/mol. The molecule has 0 spiro atoms. The van der Waals surface area contributed by atoms with Gasteiger partial charge >= 0.3 is 0 Å². The number of amides is 2. The predicted molar refractivity (Wildman–Crippen MR) is 72.3 cm³/mol. The zero-order valence-electron chi connectivity index (χ0n) is 11.9. The summed E-state index contributed by atoms with van der Waals surface area (Å²) in [5, 5.41) is 2.84. The number of carbonyl (C=O) groups is 2. The second-order valence-corrected chi connectivity index (χ2v) is 8.52. The standard InChI is InChI=1S/C12H22N2O4S/c1-5-9-11(16)14(10(15)8-13-9)6-7-19(17,18)12(2,3)4/h9,13H,5-8H2,1-4H3. The maximum atomic E-state index is 12.0. The number of piperazine rings is 1. The highest BCUT2D eigenvalue weighted by Gasteiger charge is 2.35. The lowest BCUT2D eigenvalue weighted by Crippen LogP contribution is -2.58. The fraction of sp³-hybridized carbons (Fsp3) is 0.833. The molecule has 1 heterocycles. The number of rotatable bonds is 4. The molecule has 0 aromatic heterocycles. The van der Waals surface area contributed by atoms with Gasteiger partial charge in [0.25, 0.3) is 0 Å². The van der Waals surface area contributed by atoms with Gasteiger partial charge in [-0.3, -0.25) is 19.8 Å². The number of nitrogens with zero attached hydrogens (tertiary/aromatic N) is 1. The van der Waals surface area contributed by atoms with Gasteiger partial charge in [-0.2, -0.15) is 0 Å². The van der Waals surface area contributed by atoms with Crippen LogP contribution in [-0.4, -0.2) is 54.8 Å². The van der Waals surface area contributed by atoms with E-state index in [-0.39, 0.29) is 30.7 Å². The first kappa shape index (κ1) is 16.1. The average Bonchev–Trinajstić information content (AvgIpc) is 2.27. The highest BCUT2D eigenvalue weighted by molar-refractivity contribution is 7.92. The van der Waals surface area contributed by atoms with Crippen molar-refractivity contribution in [1.82, 2.24) is 10.2 Å². The quantitative estimate of drug-likeness (QED) is 0.733. The van der Waals surface area contributed by atoms with Gasteiger partial charge in [-0.25, -0.2) is 8.42 Å². The van der Waals surface area contributed by atoms with Crippen LogP contribution in [0.15, 0.2) is 0 Å². The van der Waals surface area contributed by atoms with Crippen molar-refractivity contribution in [1.29, 1.82) is 0 Å². The highest BCUT2D eigenvalue weighted by Crippen LogP contribution is 2.16. The molecule has 0 saturated carbocycles. The van der Waals surface area contributed by atoms with E-state index in [1.54, 1.807) is 20.8 Å². The van der Waals surface area contributed by atoms with Crippen molar-refractivity contribution in [3.05, 3.63) is 0 Å². The molecule has 1 unspecified atom stereocenters. The van der Waals surface area contributed by atoms with Crippen molar-refractivity contribution in [2.45, 2.75) is 44.9 Å². The van der Waals surface area contributed by atoms with E-state index in [1.165, 1.54) is 0 Å². The zero-order chi connectivity index (χ0) is 14.8. The maximum Gasteiger partial charge on any atom is 0.246 e. The number of sulfone groups is 1.